The fourth-order valence-electron chi connectivity index (χ4n) is 3.17. The molecule has 5 nitrogen and oxygen atoms in total. The Bertz CT molecular complexity index is 548. The molecule has 0 unspecified atom stereocenters. The second-order valence-electron chi connectivity index (χ2n) is 6.65. The number of rotatable bonds is 10. The number of carbonyl (C=O) groups excluding carboxylic acids is 1. The number of carbonyl (C=O) groups is 1. The summed E-state index contributed by atoms with van der Waals surface area (Å²) in [6, 6.07) is 6.04. The molecule has 1 aliphatic heterocycles. The van der Waals surface area contributed by atoms with Crippen molar-refractivity contribution in [3.8, 4) is 5.75 Å². The van der Waals surface area contributed by atoms with Gasteiger partial charge in [0.25, 0.3) is 5.91 Å². The molecule has 1 aromatic carbocycles. The first-order valence-corrected chi connectivity index (χ1v) is 8.92. The van der Waals surface area contributed by atoms with Gasteiger partial charge in [0.2, 0.25) is 0 Å². The molecule has 1 aromatic rings. The number of para-hydroxylation sites is 1. The van der Waals surface area contributed by atoms with Crippen molar-refractivity contribution in [2.75, 3.05) is 26.4 Å². The lowest BCUT2D eigenvalue weighted by molar-refractivity contribution is -0.133. The zero-order valence-electron chi connectivity index (χ0n) is 15.1. The Kier molecular flexibility index (Phi) is 7.65. The Hall–Kier alpha value is -1.66. The molecule has 1 fully saturated rings. The number of ether oxygens (including phenoxy) is 3. The van der Waals surface area contributed by atoms with Gasteiger partial charge in [-0.2, -0.15) is 0 Å². The van der Waals surface area contributed by atoms with E-state index in [4.69, 9.17) is 14.2 Å². The minimum Gasteiger partial charge on any atom is -0.481 e. The van der Waals surface area contributed by atoms with Crippen molar-refractivity contribution in [2.45, 2.75) is 45.8 Å². The molecule has 6 heteroatoms. The molecule has 1 N–H and O–H groups in total. The summed E-state index contributed by atoms with van der Waals surface area (Å²) in [5.74, 6) is -0.639. The van der Waals surface area contributed by atoms with Gasteiger partial charge in [0.15, 0.2) is 24.5 Å². The first-order chi connectivity index (χ1) is 12.0. The molecule has 0 radical (unpaired) electrons. The lowest BCUT2D eigenvalue weighted by atomic mass is 9.80. The predicted molar refractivity (Wildman–Crippen MR) is 92.8 cm³/mol. The fourth-order valence-corrected chi connectivity index (χ4v) is 3.17. The van der Waals surface area contributed by atoms with Crippen LogP contribution in [0.25, 0.3) is 0 Å². The lowest BCUT2D eigenvalue weighted by Crippen LogP contribution is -2.35. The maximum atomic E-state index is 13.4. The van der Waals surface area contributed by atoms with E-state index in [2.05, 4.69) is 19.2 Å². The Labute approximate surface area is 148 Å². The SMILES string of the molecule is CCC[C@@](C)(CCCNC(=O)COc1ccccc1F)C1OCCO1. The molecule has 1 saturated heterocycles. The summed E-state index contributed by atoms with van der Waals surface area (Å²) in [6.45, 7) is 5.97. The first kappa shape index (κ1) is 19.7. The van der Waals surface area contributed by atoms with Crippen LogP contribution in [0.15, 0.2) is 24.3 Å². The fraction of sp³-hybridized carbons (Fsp3) is 0.632. The maximum absolute atomic E-state index is 13.4. The predicted octanol–water partition coefficient (Wildman–Crippen LogP) is 3.28. The Morgan fingerprint density at radius 1 is 1.32 bits per heavy atom. The van der Waals surface area contributed by atoms with Crippen LogP contribution in [-0.4, -0.2) is 38.6 Å². The normalized spacial score (nSPS) is 17.2. The van der Waals surface area contributed by atoms with Crippen LogP contribution in [0, 0.1) is 11.2 Å². The zero-order valence-corrected chi connectivity index (χ0v) is 15.1. The minimum atomic E-state index is -0.470. The monoisotopic (exact) mass is 353 g/mol. The Morgan fingerprint density at radius 3 is 2.72 bits per heavy atom. The Balaban J connectivity index is 1.68. The van der Waals surface area contributed by atoms with Crippen LogP contribution in [0.2, 0.25) is 0 Å². The van der Waals surface area contributed by atoms with Gasteiger partial charge >= 0.3 is 0 Å². The third-order valence-corrected chi connectivity index (χ3v) is 4.45. The standard InChI is InChI=1S/C19H28FNO4/c1-3-9-19(2,18-23-12-13-24-18)10-6-11-21-17(22)14-25-16-8-5-4-7-15(16)20/h4-5,7-8,18H,3,6,9-14H2,1-2H3,(H,21,22)/t19-/m0/s1. The number of amides is 1. The van der Waals surface area contributed by atoms with Crippen LogP contribution in [0.5, 0.6) is 5.75 Å². The smallest absolute Gasteiger partial charge is 0.257 e. The number of halogens is 1. The van der Waals surface area contributed by atoms with E-state index >= 15 is 0 Å². The summed E-state index contributed by atoms with van der Waals surface area (Å²) < 4.78 is 30.0. The van der Waals surface area contributed by atoms with Gasteiger partial charge < -0.3 is 19.5 Å². The lowest BCUT2D eigenvalue weighted by Gasteiger charge is -2.34. The van der Waals surface area contributed by atoms with Gasteiger partial charge in [-0.25, -0.2) is 4.39 Å². The van der Waals surface area contributed by atoms with E-state index < -0.39 is 5.82 Å². The highest BCUT2D eigenvalue weighted by Crippen LogP contribution is 2.37. The number of hydrogen-bond donors (Lipinski definition) is 1. The summed E-state index contributed by atoms with van der Waals surface area (Å²) in [7, 11) is 0. The van der Waals surface area contributed by atoms with E-state index in [0.29, 0.717) is 19.8 Å². The summed E-state index contributed by atoms with van der Waals surface area (Å²) in [6.07, 6.45) is 3.64. The van der Waals surface area contributed by atoms with E-state index in [0.717, 1.165) is 25.7 Å². The zero-order chi connectivity index (χ0) is 18.1. The van der Waals surface area contributed by atoms with Gasteiger partial charge in [-0.3, -0.25) is 4.79 Å². The van der Waals surface area contributed by atoms with Crippen molar-refractivity contribution in [3.05, 3.63) is 30.1 Å². The van der Waals surface area contributed by atoms with E-state index in [1.807, 2.05) is 0 Å². The van der Waals surface area contributed by atoms with Crippen molar-refractivity contribution in [2.24, 2.45) is 5.41 Å². The maximum Gasteiger partial charge on any atom is 0.257 e. The first-order valence-electron chi connectivity index (χ1n) is 8.92. The van der Waals surface area contributed by atoms with Crippen LogP contribution in [-0.2, 0) is 14.3 Å². The molecule has 0 bridgehead atoms. The van der Waals surface area contributed by atoms with E-state index in [9.17, 15) is 9.18 Å². The molecule has 0 aromatic heterocycles. The molecule has 2 rings (SSSR count). The van der Waals surface area contributed by atoms with Crippen LogP contribution >= 0.6 is 0 Å². The summed E-state index contributed by atoms with van der Waals surface area (Å²) in [4.78, 5) is 11.8. The van der Waals surface area contributed by atoms with Gasteiger partial charge in [0, 0.05) is 12.0 Å². The highest BCUT2D eigenvalue weighted by molar-refractivity contribution is 5.77. The van der Waals surface area contributed by atoms with E-state index in [1.165, 1.54) is 12.1 Å². The van der Waals surface area contributed by atoms with Crippen LogP contribution < -0.4 is 10.1 Å². The highest BCUT2D eigenvalue weighted by atomic mass is 19.1. The van der Waals surface area contributed by atoms with Crippen molar-refractivity contribution in [3.63, 3.8) is 0 Å². The number of nitrogens with one attached hydrogen (secondary N) is 1. The molecule has 1 heterocycles. The van der Waals surface area contributed by atoms with Crippen molar-refractivity contribution >= 4 is 5.91 Å². The van der Waals surface area contributed by atoms with Crippen LogP contribution in [0.3, 0.4) is 0 Å². The molecular weight excluding hydrogens is 325 g/mol. The molecule has 25 heavy (non-hydrogen) atoms. The molecule has 0 spiro atoms. The number of benzene rings is 1. The van der Waals surface area contributed by atoms with Gasteiger partial charge in [0.05, 0.1) is 13.2 Å². The van der Waals surface area contributed by atoms with E-state index in [1.54, 1.807) is 12.1 Å². The topological polar surface area (TPSA) is 56.8 Å². The molecule has 1 aliphatic rings. The molecule has 140 valence electrons. The number of hydrogen-bond acceptors (Lipinski definition) is 4. The molecular formula is C19H28FNO4. The molecule has 1 amide bonds. The van der Waals surface area contributed by atoms with Crippen molar-refractivity contribution < 1.29 is 23.4 Å². The van der Waals surface area contributed by atoms with Gasteiger partial charge in [-0.05, 0) is 31.4 Å². The average molecular weight is 353 g/mol. The van der Waals surface area contributed by atoms with Crippen molar-refractivity contribution in [1.29, 1.82) is 0 Å². The van der Waals surface area contributed by atoms with Crippen molar-refractivity contribution in [1.82, 2.24) is 5.32 Å². The largest absolute Gasteiger partial charge is 0.481 e. The molecule has 0 aliphatic carbocycles. The average Bonchev–Trinajstić information content (AvgIpc) is 3.14. The summed E-state index contributed by atoms with van der Waals surface area (Å²) in [5.41, 5.74) is -0.0420. The van der Waals surface area contributed by atoms with Crippen LogP contribution in [0.4, 0.5) is 4.39 Å². The second kappa shape index (κ2) is 9.73. The third kappa shape index (κ3) is 5.97. The minimum absolute atomic E-state index is 0.0420. The van der Waals surface area contributed by atoms with E-state index in [-0.39, 0.29) is 30.0 Å². The van der Waals surface area contributed by atoms with Crippen LogP contribution in [0.1, 0.15) is 39.5 Å². The second-order valence-corrected chi connectivity index (χ2v) is 6.65. The molecule has 0 saturated carbocycles. The Morgan fingerprint density at radius 2 is 2.04 bits per heavy atom. The quantitative estimate of drug-likeness (QED) is 0.656. The highest BCUT2D eigenvalue weighted by Gasteiger charge is 2.37. The van der Waals surface area contributed by atoms with Gasteiger partial charge in [-0.15, -0.1) is 0 Å². The van der Waals surface area contributed by atoms with Gasteiger partial charge in [0.1, 0.15) is 0 Å². The summed E-state index contributed by atoms with van der Waals surface area (Å²) >= 11 is 0. The summed E-state index contributed by atoms with van der Waals surface area (Å²) in [5, 5.41) is 2.81. The molecule has 1 atom stereocenters. The third-order valence-electron chi connectivity index (χ3n) is 4.45. The van der Waals surface area contributed by atoms with Gasteiger partial charge in [-0.1, -0.05) is 32.4 Å².